The summed E-state index contributed by atoms with van der Waals surface area (Å²) in [4.78, 5) is 0. The molecule has 1 heterocycles. The number of benzene rings is 2. The molecule has 3 nitrogen and oxygen atoms in total. The van der Waals surface area contributed by atoms with E-state index in [0.717, 1.165) is 5.56 Å². The molecule has 0 amide bonds. The van der Waals surface area contributed by atoms with Crippen LogP contribution < -0.4 is 10.2 Å². The summed E-state index contributed by atoms with van der Waals surface area (Å²) in [6, 6.07) is 8.46. The highest BCUT2D eigenvalue weighted by Crippen LogP contribution is 2.35. The molecule has 0 spiro atoms. The molecule has 1 atom stereocenters. The summed E-state index contributed by atoms with van der Waals surface area (Å²) >= 11 is 0. The topological polar surface area (TPSA) is 27.7 Å². The summed E-state index contributed by atoms with van der Waals surface area (Å²) in [5.41, 5.74) is -2.29. The highest BCUT2D eigenvalue weighted by atomic mass is 19.4. The first kappa shape index (κ1) is 20.5. The van der Waals surface area contributed by atoms with Gasteiger partial charge in [-0.1, -0.05) is 30.3 Å². The van der Waals surface area contributed by atoms with Gasteiger partial charge in [0.25, 0.3) is 0 Å². The van der Waals surface area contributed by atoms with Crippen LogP contribution in [-0.4, -0.2) is 26.4 Å². The molecule has 1 aliphatic heterocycles. The molecular formula is C18H15BF6O3. The zero-order valence-electron chi connectivity index (χ0n) is 14.6. The molecule has 1 fully saturated rings. The minimum atomic E-state index is -4.93. The summed E-state index contributed by atoms with van der Waals surface area (Å²) in [5, 5.41) is 0. The van der Waals surface area contributed by atoms with Crippen molar-refractivity contribution in [3.8, 4) is 5.75 Å². The lowest BCUT2D eigenvalue weighted by Gasteiger charge is -2.16. The van der Waals surface area contributed by atoms with Crippen molar-refractivity contribution in [3.05, 3.63) is 59.2 Å². The van der Waals surface area contributed by atoms with Gasteiger partial charge >= 0.3 is 19.5 Å². The number of alkyl halides is 6. The molecule has 10 heteroatoms. The second-order valence-electron chi connectivity index (χ2n) is 6.34. The first-order chi connectivity index (χ1) is 13.0. The van der Waals surface area contributed by atoms with E-state index in [-0.39, 0.29) is 24.7 Å². The molecule has 3 rings (SSSR count). The number of rotatable bonds is 4. The van der Waals surface area contributed by atoms with Crippen LogP contribution in [0.4, 0.5) is 26.3 Å². The van der Waals surface area contributed by atoms with E-state index in [2.05, 4.69) is 0 Å². The molecule has 1 unspecified atom stereocenters. The Hall–Kier alpha value is -2.20. The van der Waals surface area contributed by atoms with Crippen LogP contribution in [-0.2, 0) is 21.7 Å². The van der Waals surface area contributed by atoms with Gasteiger partial charge in [0.2, 0.25) is 0 Å². The Morgan fingerprint density at radius 3 is 2.18 bits per heavy atom. The van der Waals surface area contributed by atoms with Crippen molar-refractivity contribution in [1.29, 1.82) is 0 Å². The van der Waals surface area contributed by atoms with Gasteiger partial charge in [-0.15, -0.1) is 0 Å². The summed E-state index contributed by atoms with van der Waals surface area (Å²) in [6.45, 7) is 1.87. The fourth-order valence-electron chi connectivity index (χ4n) is 2.73. The van der Waals surface area contributed by atoms with E-state index in [0.29, 0.717) is 17.9 Å². The maximum Gasteiger partial charge on any atom is 0.494 e. The fraction of sp³-hybridized carbons (Fsp3) is 0.333. The first-order valence-corrected chi connectivity index (χ1v) is 8.29. The summed E-state index contributed by atoms with van der Waals surface area (Å²) in [6.07, 6.45) is -10.5. The minimum Gasteiger partial charge on any atom is -0.491 e. The maximum atomic E-state index is 13.0. The molecule has 0 N–H and O–H groups in total. The third-order valence-corrected chi connectivity index (χ3v) is 4.15. The van der Waals surface area contributed by atoms with E-state index in [1.807, 2.05) is 19.1 Å². The van der Waals surface area contributed by atoms with Crippen LogP contribution in [0, 0.1) is 6.92 Å². The molecule has 0 radical (unpaired) electrons. The number of hydrogen-bond acceptors (Lipinski definition) is 3. The van der Waals surface area contributed by atoms with Crippen molar-refractivity contribution in [1.82, 2.24) is 0 Å². The van der Waals surface area contributed by atoms with E-state index >= 15 is 0 Å². The van der Waals surface area contributed by atoms with E-state index in [1.54, 1.807) is 12.1 Å². The predicted octanol–water partition coefficient (Wildman–Crippen LogP) is 4.22. The van der Waals surface area contributed by atoms with E-state index < -0.39 is 36.7 Å². The number of halogens is 6. The van der Waals surface area contributed by atoms with Crippen LogP contribution in [0.15, 0.2) is 42.5 Å². The van der Waals surface area contributed by atoms with Crippen LogP contribution in [0.2, 0.25) is 0 Å². The molecular weight excluding hydrogens is 389 g/mol. The molecule has 2 aromatic rings. The number of hydrogen-bond donors (Lipinski definition) is 0. The van der Waals surface area contributed by atoms with Gasteiger partial charge in [0.15, 0.2) is 0 Å². The lowest BCUT2D eigenvalue weighted by Crippen LogP contribution is -2.35. The van der Waals surface area contributed by atoms with Gasteiger partial charge < -0.3 is 14.0 Å². The van der Waals surface area contributed by atoms with Crippen molar-refractivity contribution in [2.24, 2.45) is 0 Å². The van der Waals surface area contributed by atoms with Crippen molar-refractivity contribution in [2.45, 2.75) is 25.4 Å². The fourth-order valence-corrected chi connectivity index (χ4v) is 2.73. The second-order valence-corrected chi connectivity index (χ2v) is 6.34. The van der Waals surface area contributed by atoms with Crippen LogP contribution in [0.1, 0.15) is 16.7 Å². The van der Waals surface area contributed by atoms with Crippen LogP contribution in [0.3, 0.4) is 0 Å². The standard InChI is InChI=1S/C18H15BF6O3/c1-11-4-2-3-5-16(11)26-9-15-10-27-19(28-15)14-7-12(17(20,21)22)6-13(8-14)18(23,24)25/h2-8,15H,9-10H2,1H3. The van der Waals surface area contributed by atoms with E-state index in [4.69, 9.17) is 14.0 Å². The molecule has 0 saturated carbocycles. The van der Waals surface area contributed by atoms with Crippen molar-refractivity contribution in [3.63, 3.8) is 0 Å². The molecule has 0 aliphatic carbocycles. The Bertz CT molecular complexity index is 805. The van der Waals surface area contributed by atoms with Gasteiger partial charge in [-0.05, 0) is 30.1 Å². The molecule has 150 valence electrons. The smallest absolute Gasteiger partial charge is 0.491 e. The lowest BCUT2D eigenvalue weighted by atomic mass is 9.77. The number of aryl methyl sites for hydroxylation is 1. The molecule has 28 heavy (non-hydrogen) atoms. The van der Waals surface area contributed by atoms with Crippen LogP contribution >= 0.6 is 0 Å². The Labute approximate surface area is 157 Å². The molecule has 2 aromatic carbocycles. The summed E-state index contributed by atoms with van der Waals surface area (Å²) in [7, 11) is -1.34. The monoisotopic (exact) mass is 404 g/mol. The quantitative estimate of drug-likeness (QED) is 0.564. The number of ether oxygens (including phenoxy) is 1. The predicted molar refractivity (Wildman–Crippen MR) is 89.3 cm³/mol. The van der Waals surface area contributed by atoms with Gasteiger partial charge in [-0.25, -0.2) is 0 Å². The molecule has 0 aromatic heterocycles. The average Bonchev–Trinajstić information content (AvgIpc) is 3.08. The van der Waals surface area contributed by atoms with Gasteiger partial charge in [-0.3, -0.25) is 0 Å². The molecule has 1 saturated heterocycles. The molecule has 0 bridgehead atoms. The summed E-state index contributed by atoms with van der Waals surface area (Å²) < 4.78 is 94.2. The Morgan fingerprint density at radius 2 is 1.61 bits per heavy atom. The normalized spacial score (nSPS) is 17.8. The van der Waals surface area contributed by atoms with Gasteiger partial charge in [-0.2, -0.15) is 26.3 Å². The highest BCUT2D eigenvalue weighted by molar-refractivity contribution is 6.61. The van der Waals surface area contributed by atoms with Gasteiger partial charge in [0, 0.05) is 0 Å². The van der Waals surface area contributed by atoms with E-state index in [1.165, 1.54) is 0 Å². The first-order valence-electron chi connectivity index (χ1n) is 8.29. The Kier molecular flexibility index (Phi) is 5.63. The maximum absolute atomic E-state index is 13.0. The summed E-state index contributed by atoms with van der Waals surface area (Å²) in [5.74, 6) is 0.605. The average molecular weight is 404 g/mol. The van der Waals surface area contributed by atoms with Crippen molar-refractivity contribution < 1.29 is 40.4 Å². The van der Waals surface area contributed by atoms with Crippen LogP contribution in [0.25, 0.3) is 0 Å². The lowest BCUT2D eigenvalue weighted by molar-refractivity contribution is -0.142. The third kappa shape index (κ3) is 4.80. The Balaban J connectivity index is 1.74. The zero-order chi connectivity index (χ0) is 20.5. The largest absolute Gasteiger partial charge is 0.494 e. The SMILES string of the molecule is Cc1ccccc1OCC1COB(c2cc(C(F)(F)F)cc(C(F)(F)F)c2)O1. The number of para-hydroxylation sites is 1. The van der Waals surface area contributed by atoms with E-state index in [9.17, 15) is 26.3 Å². The minimum absolute atomic E-state index is 0.0197. The third-order valence-electron chi connectivity index (χ3n) is 4.15. The van der Waals surface area contributed by atoms with Crippen molar-refractivity contribution >= 4 is 12.6 Å². The highest BCUT2D eigenvalue weighted by Gasteiger charge is 2.40. The zero-order valence-corrected chi connectivity index (χ0v) is 14.6. The van der Waals surface area contributed by atoms with Gasteiger partial charge in [0.1, 0.15) is 12.4 Å². The van der Waals surface area contributed by atoms with Crippen molar-refractivity contribution in [2.75, 3.05) is 13.2 Å². The van der Waals surface area contributed by atoms with Gasteiger partial charge in [0.05, 0.1) is 23.8 Å². The Morgan fingerprint density at radius 1 is 1.00 bits per heavy atom. The second kappa shape index (κ2) is 7.67. The molecule has 1 aliphatic rings. The van der Waals surface area contributed by atoms with Crippen LogP contribution in [0.5, 0.6) is 5.75 Å².